The van der Waals surface area contributed by atoms with Gasteiger partial charge in [0.05, 0.1) is 10.6 Å². The second-order valence-electron chi connectivity index (χ2n) is 4.25. The Bertz CT molecular complexity index is 519. The maximum absolute atomic E-state index is 11.3. The fraction of sp³-hybridized carbons (Fsp3) is 0.417. The van der Waals surface area contributed by atoms with Gasteiger partial charge in [0.2, 0.25) is 5.91 Å². The lowest BCUT2D eigenvalue weighted by Crippen LogP contribution is -2.19. The van der Waals surface area contributed by atoms with Crippen LogP contribution in [0.5, 0.6) is 0 Å². The van der Waals surface area contributed by atoms with Crippen LogP contribution in [0, 0.1) is 10.1 Å². The summed E-state index contributed by atoms with van der Waals surface area (Å²) in [4.78, 5) is 21.9. The van der Waals surface area contributed by atoms with E-state index in [1.54, 1.807) is 17.8 Å². The van der Waals surface area contributed by atoms with E-state index in [9.17, 15) is 14.9 Å². The van der Waals surface area contributed by atoms with Crippen LogP contribution in [0.15, 0.2) is 12.1 Å². The Morgan fingerprint density at radius 2 is 2.26 bits per heavy atom. The molecule has 2 N–H and O–H groups in total. The Morgan fingerprint density at radius 1 is 1.47 bits per heavy atom. The number of nitrogens with one attached hydrogen (secondary N) is 2. The standard InChI is InChI=1S/C12H15N3O3S/c1-19-5-4-13-10-6-8-2-3-12(16)14-9(8)7-11(10)15(17)18/h6-7,13H,2-5H2,1H3,(H,14,16). The molecule has 0 aliphatic carbocycles. The van der Waals surface area contributed by atoms with Crippen molar-refractivity contribution in [3.05, 3.63) is 27.8 Å². The first-order chi connectivity index (χ1) is 9.11. The first-order valence-corrected chi connectivity index (χ1v) is 7.35. The minimum Gasteiger partial charge on any atom is -0.379 e. The SMILES string of the molecule is CSCCNc1cc2c(cc1[N+](=O)[O-])NC(=O)CC2. The van der Waals surface area contributed by atoms with Crippen molar-refractivity contribution in [2.24, 2.45) is 0 Å². The van der Waals surface area contributed by atoms with Gasteiger partial charge in [0, 0.05) is 24.8 Å². The van der Waals surface area contributed by atoms with Gasteiger partial charge in [-0.05, 0) is 24.3 Å². The van der Waals surface area contributed by atoms with E-state index in [0.29, 0.717) is 30.8 Å². The number of nitro groups is 1. The summed E-state index contributed by atoms with van der Waals surface area (Å²) in [6.07, 6.45) is 3.03. The number of carbonyl (C=O) groups is 1. The number of nitro benzene ring substituents is 1. The third kappa shape index (κ3) is 3.17. The van der Waals surface area contributed by atoms with Crippen LogP contribution in [0.25, 0.3) is 0 Å². The molecule has 7 heteroatoms. The Hall–Kier alpha value is -1.76. The molecule has 0 unspecified atom stereocenters. The number of hydrogen-bond acceptors (Lipinski definition) is 5. The predicted molar refractivity (Wildman–Crippen MR) is 76.9 cm³/mol. The van der Waals surface area contributed by atoms with Crippen molar-refractivity contribution in [1.82, 2.24) is 0 Å². The molecule has 1 aliphatic rings. The third-order valence-electron chi connectivity index (χ3n) is 2.94. The van der Waals surface area contributed by atoms with E-state index in [2.05, 4.69) is 10.6 Å². The van der Waals surface area contributed by atoms with E-state index in [1.807, 2.05) is 6.26 Å². The van der Waals surface area contributed by atoms with Crippen LogP contribution in [0.4, 0.5) is 17.1 Å². The zero-order valence-corrected chi connectivity index (χ0v) is 11.4. The van der Waals surface area contributed by atoms with E-state index < -0.39 is 4.92 Å². The molecular weight excluding hydrogens is 266 g/mol. The third-order valence-corrected chi connectivity index (χ3v) is 3.55. The molecule has 1 amide bonds. The molecule has 0 saturated heterocycles. The topological polar surface area (TPSA) is 84.3 Å². The Balaban J connectivity index is 2.30. The van der Waals surface area contributed by atoms with Crippen molar-refractivity contribution >= 4 is 34.7 Å². The molecule has 6 nitrogen and oxygen atoms in total. The molecule has 0 radical (unpaired) electrons. The van der Waals surface area contributed by atoms with Gasteiger partial charge in [-0.15, -0.1) is 0 Å². The number of carbonyl (C=O) groups excluding carboxylic acids is 1. The highest BCUT2D eigenvalue weighted by Crippen LogP contribution is 2.34. The number of rotatable bonds is 5. The highest BCUT2D eigenvalue weighted by atomic mass is 32.2. The van der Waals surface area contributed by atoms with Crippen LogP contribution in [0.1, 0.15) is 12.0 Å². The molecule has 0 atom stereocenters. The molecule has 0 aromatic heterocycles. The molecule has 19 heavy (non-hydrogen) atoms. The monoisotopic (exact) mass is 281 g/mol. The summed E-state index contributed by atoms with van der Waals surface area (Å²) >= 11 is 1.67. The summed E-state index contributed by atoms with van der Waals surface area (Å²) in [6.45, 7) is 0.674. The number of aryl methyl sites for hydroxylation is 1. The molecule has 0 fully saturated rings. The molecule has 1 aromatic carbocycles. The number of amides is 1. The summed E-state index contributed by atoms with van der Waals surface area (Å²) in [7, 11) is 0. The predicted octanol–water partition coefficient (Wildman–Crippen LogP) is 2.25. The number of benzene rings is 1. The van der Waals surface area contributed by atoms with Gasteiger partial charge in [0.15, 0.2) is 0 Å². The number of anilines is 2. The molecule has 0 spiro atoms. The zero-order chi connectivity index (χ0) is 13.8. The van der Waals surface area contributed by atoms with Crippen LogP contribution >= 0.6 is 11.8 Å². The maximum atomic E-state index is 11.3. The molecule has 2 rings (SSSR count). The first-order valence-electron chi connectivity index (χ1n) is 5.96. The van der Waals surface area contributed by atoms with Crippen molar-refractivity contribution in [1.29, 1.82) is 0 Å². The largest absolute Gasteiger partial charge is 0.379 e. The van der Waals surface area contributed by atoms with Gasteiger partial charge >= 0.3 is 0 Å². The van der Waals surface area contributed by atoms with Crippen LogP contribution in [-0.4, -0.2) is 29.4 Å². The van der Waals surface area contributed by atoms with Gasteiger partial charge in [0.25, 0.3) is 5.69 Å². The fourth-order valence-electron chi connectivity index (χ4n) is 2.00. The number of nitrogens with zero attached hydrogens (tertiary/aromatic N) is 1. The maximum Gasteiger partial charge on any atom is 0.294 e. The number of hydrogen-bond donors (Lipinski definition) is 2. The average molecular weight is 281 g/mol. The van der Waals surface area contributed by atoms with Crippen molar-refractivity contribution in [2.75, 3.05) is 29.2 Å². The van der Waals surface area contributed by atoms with Crippen molar-refractivity contribution < 1.29 is 9.72 Å². The van der Waals surface area contributed by atoms with Gasteiger partial charge in [0.1, 0.15) is 5.69 Å². The Kier molecular flexibility index (Phi) is 4.26. The van der Waals surface area contributed by atoms with E-state index >= 15 is 0 Å². The molecule has 0 bridgehead atoms. The van der Waals surface area contributed by atoms with Crippen molar-refractivity contribution in [2.45, 2.75) is 12.8 Å². The smallest absolute Gasteiger partial charge is 0.294 e. The Morgan fingerprint density at radius 3 is 2.95 bits per heavy atom. The first kappa shape index (κ1) is 13.7. The second-order valence-corrected chi connectivity index (χ2v) is 5.24. The minimum atomic E-state index is -0.428. The highest BCUT2D eigenvalue weighted by molar-refractivity contribution is 7.98. The summed E-state index contributed by atoms with van der Waals surface area (Å²) in [5, 5.41) is 16.8. The van der Waals surface area contributed by atoms with Crippen molar-refractivity contribution in [3.8, 4) is 0 Å². The Labute approximate surface area is 115 Å². The summed E-state index contributed by atoms with van der Waals surface area (Å²) in [6, 6.07) is 3.21. The van der Waals surface area contributed by atoms with Gasteiger partial charge in [-0.2, -0.15) is 11.8 Å². The lowest BCUT2D eigenvalue weighted by molar-refractivity contribution is -0.383. The summed E-state index contributed by atoms with van der Waals surface area (Å²) in [5.74, 6) is 0.787. The van der Waals surface area contributed by atoms with E-state index in [0.717, 1.165) is 11.3 Å². The molecule has 0 saturated carbocycles. The molecule has 1 heterocycles. The van der Waals surface area contributed by atoms with Crippen LogP contribution in [-0.2, 0) is 11.2 Å². The van der Waals surface area contributed by atoms with Gasteiger partial charge in [-0.25, -0.2) is 0 Å². The number of thioether (sulfide) groups is 1. The second kappa shape index (κ2) is 5.92. The van der Waals surface area contributed by atoms with Gasteiger partial charge in [-0.1, -0.05) is 0 Å². The van der Waals surface area contributed by atoms with E-state index in [1.165, 1.54) is 6.07 Å². The fourth-order valence-corrected chi connectivity index (χ4v) is 2.30. The summed E-state index contributed by atoms with van der Waals surface area (Å²) in [5.41, 5.74) is 2.02. The number of fused-ring (bicyclic) bond motifs is 1. The quantitative estimate of drug-likeness (QED) is 0.491. The lowest BCUT2D eigenvalue weighted by atomic mass is 10.0. The van der Waals surface area contributed by atoms with Crippen molar-refractivity contribution in [3.63, 3.8) is 0 Å². The van der Waals surface area contributed by atoms with Gasteiger partial charge in [-0.3, -0.25) is 14.9 Å². The summed E-state index contributed by atoms with van der Waals surface area (Å²) < 4.78 is 0. The van der Waals surface area contributed by atoms with Crippen LogP contribution < -0.4 is 10.6 Å². The molecule has 102 valence electrons. The normalized spacial score (nSPS) is 13.6. The lowest BCUT2D eigenvalue weighted by Gasteiger charge is -2.18. The van der Waals surface area contributed by atoms with E-state index in [-0.39, 0.29) is 11.6 Å². The van der Waals surface area contributed by atoms with Crippen LogP contribution in [0.3, 0.4) is 0 Å². The molecular formula is C12H15N3O3S. The molecule has 1 aliphatic heterocycles. The molecule has 1 aromatic rings. The van der Waals surface area contributed by atoms with Gasteiger partial charge < -0.3 is 10.6 Å². The highest BCUT2D eigenvalue weighted by Gasteiger charge is 2.22. The average Bonchev–Trinajstić information content (AvgIpc) is 2.38. The zero-order valence-electron chi connectivity index (χ0n) is 10.6. The van der Waals surface area contributed by atoms with E-state index in [4.69, 9.17) is 0 Å². The minimum absolute atomic E-state index is 0.00190. The van der Waals surface area contributed by atoms with Crippen LogP contribution in [0.2, 0.25) is 0 Å².